The van der Waals surface area contributed by atoms with Crippen LogP contribution in [0.5, 0.6) is 0 Å². The van der Waals surface area contributed by atoms with Crippen molar-refractivity contribution in [1.29, 1.82) is 0 Å². The number of para-hydroxylation sites is 2. The smallest absolute Gasteiger partial charge is 0.409 e. The summed E-state index contributed by atoms with van der Waals surface area (Å²) in [6.45, 7) is 1.97. The molecule has 2 N–H and O–H groups in total. The van der Waals surface area contributed by atoms with Crippen LogP contribution in [0.4, 0.5) is 10.5 Å². The Balaban J connectivity index is 2.49. The Bertz CT molecular complexity index is 797. The van der Waals surface area contributed by atoms with E-state index in [1.807, 2.05) is 49.4 Å². The molecule has 0 unspecified atom stereocenters. The number of nitrogens with one attached hydrogen (secondary N) is 1. The van der Waals surface area contributed by atoms with Crippen LogP contribution in [0.15, 0.2) is 42.5 Å². The van der Waals surface area contributed by atoms with E-state index < -0.39 is 6.09 Å². The minimum absolute atomic E-state index is 0.594. The molecule has 1 aromatic heterocycles. The number of aryl methyl sites for hydroxylation is 1. The maximum Gasteiger partial charge on any atom is 0.409 e. The minimum Gasteiger partial charge on any atom is -0.465 e. The normalized spacial score (nSPS) is 10.8. The second-order valence-corrected chi connectivity index (χ2v) is 4.41. The number of fused-ring (bicyclic) bond motifs is 2. The highest BCUT2D eigenvalue weighted by atomic mass is 16.4. The summed E-state index contributed by atoms with van der Waals surface area (Å²) in [6.07, 6.45) is -1.07. The highest BCUT2D eigenvalue weighted by Gasteiger charge is 2.11. The number of benzene rings is 2. The fourth-order valence-corrected chi connectivity index (χ4v) is 2.30. The van der Waals surface area contributed by atoms with Crippen molar-refractivity contribution < 1.29 is 9.90 Å². The molecular formula is C15H12N2O2. The summed E-state index contributed by atoms with van der Waals surface area (Å²) in [6, 6.07) is 13.3. The van der Waals surface area contributed by atoms with Gasteiger partial charge in [-0.3, -0.25) is 5.32 Å². The Morgan fingerprint density at radius 1 is 1.11 bits per heavy atom. The summed E-state index contributed by atoms with van der Waals surface area (Å²) in [4.78, 5) is 15.6. The second kappa shape index (κ2) is 4.24. The van der Waals surface area contributed by atoms with Crippen molar-refractivity contribution in [2.75, 3.05) is 5.32 Å². The number of rotatable bonds is 1. The number of carboxylic acid groups (broad SMARTS) is 1. The van der Waals surface area contributed by atoms with Crippen LogP contribution in [0.3, 0.4) is 0 Å². The maximum atomic E-state index is 11.0. The zero-order valence-electron chi connectivity index (χ0n) is 10.3. The van der Waals surface area contributed by atoms with Crippen LogP contribution in [0, 0.1) is 6.92 Å². The highest BCUT2D eigenvalue weighted by Crippen LogP contribution is 2.31. The lowest BCUT2D eigenvalue weighted by Gasteiger charge is -2.11. The van der Waals surface area contributed by atoms with Gasteiger partial charge in [0.1, 0.15) is 0 Å². The quantitative estimate of drug-likeness (QED) is 0.648. The Labute approximate surface area is 109 Å². The summed E-state index contributed by atoms with van der Waals surface area (Å²) in [5.74, 6) is 0. The fourth-order valence-electron chi connectivity index (χ4n) is 2.30. The van der Waals surface area contributed by atoms with Gasteiger partial charge in [-0.05, 0) is 18.6 Å². The van der Waals surface area contributed by atoms with Crippen LogP contribution >= 0.6 is 0 Å². The van der Waals surface area contributed by atoms with Crippen molar-refractivity contribution in [3.05, 3.63) is 48.0 Å². The number of nitrogens with zero attached hydrogens (tertiary/aromatic N) is 1. The molecule has 94 valence electrons. The topological polar surface area (TPSA) is 62.2 Å². The second-order valence-electron chi connectivity index (χ2n) is 4.41. The van der Waals surface area contributed by atoms with Gasteiger partial charge in [0.25, 0.3) is 0 Å². The van der Waals surface area contributed by atoms with Gasteiger partial charge in [0, 0.05) is 10.8 Å². The van der Waals surface area contributed by atoms with Crippen molar-refractivity contribution in [2.24, 2.45) is 0 Å². The van der Waals surface area contributed by atoms with Gasteiger partial charge in [-0.25, -0.2) is 9.78 Å². The molecule has 0 saturated heterocycles. The predicted molar refractivity (Wildman–Crippen MR) is 75.6 cm³/mol. The Morgan fingerprint density at radius 2 is 1.84 bits per heavy atom. The summed E-state index contributed by atoms with van der Waals surface area (Å²) < 4.78 is 0. The molecule has 3 aromatic rings. The van der Waals surface area contributed by atoms with Crippen molar-refractivity contribution >= 4 is 33.6 Å². The first kappa shape index (κ1) is 11.5. The number of anilines is 1. The van der Waals surface area contributed by atoms with Crippen molar-refractivity contribution in [2.45, 2.75) is 6.92 Å². The average Bonchev–Trinajstić information content (AvgIpc) is 2.39. The van der Waals surface area contributed by atoms with E-state index in [-0.39, 0.29) is 0 Å². The highest BCUT2D eigenvalue weighted by molar-refractivity contribution is 6.11. The van der Waals surface area contributed by atoms with Crippen LogP contribution in [0.25, 0.3) is 21.8 Å². The zero-order valence-corrected chi connectivity index (χ0v) is 10.3. The van der Waals surface area contributed by atoms with E-state index in [1.165, 1.54) is 0 Å². The summed E-state index contributed by atoms with van der Waals surface area (Å²) in [5, 5.41) is 13.1. The molecule has 4 heteroatoms. The number of hydrogen-bond acceptors (Lipinski definition) is 2. The van der Waals surface area contributed by atoms with Crippen LogP contribution in [-0.4, -0.2) is 16.2 Å². The van der Waals surface area contributed by atoms with Crippen LogP contribution in [0.1, 0.15) is 5.56 Å². The number of carbonyl (C=O) groups is 1. The number of amides is 1. The van der Waals surface area contributed by atoms with E-state index in [4.69, 9.17) is 5.11 Å². The maximum absolute atomic E-state index is 11.0. The number of hydrogen-bond donors (Lipinski definition) is 2. The van der Waals surface area contributed by atoms with Gasteiger partial charge < -0.3 is 5.11 Å². The van der Waals surface area contributed by atoms with E-state index in [2.05, 4.69) is 10.3 Å². The van der Waals surface area contributed by atoms with Gasteiger partial charge in [0.2, 0.25) is 0 Å². The van der Waals surface area contributed by atoms with E-state index in [1.54, 1.807) is 0 Å². The van der Waals surface area contributed by atoms with Gasteiger partial charge in [0.15, 0.2) is 0 Å². The molecule has 0 aliphatic heterocycles. The third-order valence-corrected chi connectivity index (χ3v) is 3.14. The van der Waals surface area contributed by atoms with Gasteiger partial charge in [-0.1, -0.05) is 36.4 Å². The first-order valence-corrected chi connectivity index (χ1v) is 5.95. The molecule has 1 amide bonds. The molecule has 0 spiro atoms. The molecule has 0 bridgehead atoms. The molecule has 0 fully saturated rings. The molecule has 0 aliphatic rings. The van der Waals surface area contributed by atoms with E-state index in [0.29, 0.717) is 5.69 Å². The Morgan fingerprint density at radius 3 is 2.63 bits per heavy atom. The summed E-state index contributed by atoms with van der Waals surface area (Å²) in [7, 11) is 0. The number of aromatic nitrogens is 1. The largest absolute Gasteiger partial charge is 0.465 e. The van der Waals surface area contributed by atoms with Crippen molar-refractivity contribution in [3.63, 3.8) is 0 Å². The number of pyridine rings is 1. The molecule has 1 heterocycles. The molecule has 0 radical (unpaired) electrons. The minimum atomic E-state index is -1.07. The standard InChI is InChI=1S/C15H12N2O2/c1-9-5-4-7-11-13(9)16-12-8-3-2-6-10(12)14(11)17-15(18)19/h2-8H,1H3,(H,16,17)(H,18,19). The monoisotopic (exact) mass is 252 g/mol. The molecule has 2 aromatic carbocycles. The molecule has 0 saturated carbocycles. The molecule has 19 heavy (non-hydrogen) atoms. The van der Waals surface area contributed by atoms with Gasteiger partial charge in [-0.15, -0.1) is 0 Å². The first-order valence-electron chi connectivity index (χ1n) is 5.95. The van der Waals surface area contributed by atoms with Gasteiger partial charge in [0.05, 0.1) is 16.7 Å². The SMILES string of the molecule is Cc1cccc2c(NC(=O)O)c3ccccc3nc12. The molecule has 0 aliphatic carbocycles. The third kappa shape index (κ3) is 1.87. The first-order chi connectivity index (χ1) is 9.16. The van der Waals surface area contributed by atoms with E-state index in [9.17, 15) is 4.79 Å². The summed E-state index contributed by atoms with van der Waals surface area (Å²) >= 11 is 0. The molecular weight excluding hydrogens is 240 g/mol. The zero-order chi connectivity index (χ0) is 13.4. The third-order valence-electron chi connectivity index (χ3n) is 3.14. The lowest BCUT2D eigenvalue weighted by molar-refractivity contribution is 0.210. The fraction of sp³-hybridized carbons (Fsp3) is 0.0667. The van der Waals surface area contributed by atoms with E-state index in [0.717, 1.165) is 27.4 Å². The van der Waals surface area contributed by atoms with E-state index >= 15 is 0 Å². The lowest BCUT2D eigenvalue weighted by atomic mass is 10.1. The molecule has 3 rings (SSSR count). The Kier molecular flexibility index (Phi) is 2.56. The van der Waals surface area contributed by atoms with Gasteiger partial charge >= 0.3 is 6.09 Å². The van der Waals surface area contributed by atoms with Crippen LogP contribution in [-0.2, 0) is 0 Å². The van der Waals surface area contributed by atoms with Crippen molar-refractivity contribution in [3.8, 4) is 0 Å². The predicted octanol–water partition coefficient (Wildman–Crippen LogP) is 3.79. The lowest BCUT2D eigenvalue weighted by Crippen LogP contribution is -2.08. The summed E-state index contributed by atoms with van der Waals surface area (Å²) in [5.41, 5.74) is 3.23. The Hall–Kier alpha value is -2.62. The van der Waals surface area contributed by atoms with Gasteiger partial charge in [-0.2, -0.15) is 0 Å². The molecule has 0 atom stereocenters. The van der Waals surface area contributed by atoms with Crippen LogP contribution < -0.4 is 5.32 Å². The average molecular weight is 252 g/mol. The van der Waals surface area contributed by atoms with Crippen molar-refractivity contribution in [1.82, 2.24) is 4.98 Å². The molecule has 4 nitrogen and oxygen atoms in total. The van der Waals surface area contributed by atoms with Crippen LogP contribution in [0.2, 0.25) is 0 Å².